The highest BCUT2D eigenvalue weighted by molar-refractivity contribution is 6.30. The van der Waals surface area contributed by atoms with E-state index in [9.17, 15) is 9.59 Å². The normalized spacial score (nSPS) is 14.9. The van der Waals surface area contributed by atoms with E-state index in [0.717, 1.165) is 5.69 Å². The summed E-state index contributed by atoms with van der Waals surface area (Å²) in [6.45, 7) is 3.67. The van der Waals surface area contributed by atoms with Crippen molar-refractivity contribution in [1.82, 2.24) is 10.2 Å². The fourth-order valence-electron chi connectivity index (χ4n) is 2.02. The summed E-state index contributed by atoms with van der Waals surface area (Å²) in [5.41, 5.74) is 0.799. The quantitative estimate of drug-likeness (QED) is 0.914. The summed E-state index contributed by atoms with van der Waals surface area (Å²) < 4.78 is 0. The third-order valence-corrected chi connectivity index (χ3v) is 3.19. The third kappa shape index (κ3) is 3.17. The maximum Gasteiger partial charge on any atom is 0.325 e. The Bertz CT molecular complexity index is 475. The SMILES string of the molecule is CCNC(=O)CN1CCN(c2ccc(Cl)cc2)C1=O. The van der Waals surface area contributed by atoms with E-state index in [1.165, 1.54) is 0 Å². The van der Waals surface area contributed by atoms with Gasteiger partial charge in [-0.05, 0) is 31.2 Å². The molecule has 19 heavy (non-hydrogen) atoms. The highest BCUT2D eigenvalue weighted by atomic mass is 35.5. The number of nitrogens with zero attached hydrogens (tertiary/aromatic N) is 2. The number of likely N-dealkylation sites (N-methyl/N-ethyl adjacent to an activating group) is 1. The van der Waals surface area contributed by atoms with Crippen molar-refractivity contribution in [2.24, 2.45) is 0 Å². The first-order chi connectivity index (χ1) is 9.11. The van der Waals surface area contributed by atoms with E-state index in [1.54, 1.807) is 34.1 Å². The molecule has 1 aliphatic rings. The molecule has 0 aromatic heterocycles. The lowest BCUT2D eigenvalue weighted by atomic mass is 10.3. The van der Waals surface area contributed by atoms with Gasteiger partial charge in [0.2, 0.25) is 5.91 Å². The lowest BCUT2D eigenvalue weighted by molar-refractivity contribution is -0.121. The second kappa shape index (κ2) is 5.93. The predicted molar refractivity (Wildman–Crippen MR) is 74.5 cm³/mol. The minimum absolute atomic E-state index is 0.108. The lowest BCUT2D eigenvalue weighted by Crippen LogP contribution is -2.39. The number of urea groups is 1. The molecular formula is C13H16ClN3O2. The van der Waals surface area contributed by atoms with E-state index in [1.807, 2.05) is 6.92 Å². The van der Waals surface area contributed by atoms with Gasteiger partial charge in [-0.15, -0.1) is 0 Å². The summed E-state index contributed by atoms with van der Waals surface area (Å²) in [6.07, 6.45) is 0. The Balaban J connectivity index is 2.01. The van der Waals surface area contributed by atoms with Crippen LogP contribution < -0.4 is 10.2 Å². The van der Waals surface area contributed by atoms with Crippen LogP contribution in [-0.2, 0) is 4.79 Å². The van der Waals surface area contributed by atoms with Crippen molar-refractivity contribution >= 4 is 29.2 Å². The first-order valence-electron chi connectivity index (χ1n) is 6.20. The number of halogens is 1. The minimum Gasteiger partial charge on any atom is -0.355 e. The van der Waals surface area contributed by atoms with Gasteiger partial charge in [0.15, 0.2) is 0 Å². The van der Waals surface area contributed by atoms with E-state index in [2.05, 4.69) is 5.32 Å². The Morgan fingerprint density at radius 3 is 2.63 bits per heavy atom. The summed E-state index contributed by atoms with van der Waals surface area (Å²) >= 11 is 5.82. The first-order valence-corrected chi connectivity index (χ1v) is 6.58. The van der Waals surface area contributed by atoms with Crippen LogP contribution in [0, 0.1) is 0 Å². The molecule has 0 unspecified atom stereocenters. The van der Waals surface area contributed by atoms with Gasteiger partial charge in [-0.25, -0.2) is 4.79 Å². The Morgan fingerprint density at radius 1 is 1.32 bits per heavy atom. The molecule has 0 bridgehead atoms. The molecule has 2 rings (SSSR count). The van der Waals surface area contributed by atoms with Gasteiger partial charge in [-0.2, -0.15) is 0 Å². The summed E-state index contributed by atoms with van der Waals surface area (Å²) in [6, 6.07) is 6.95. The zero-order valence-electron chi connectivity index (χ0n) is 10.7. The predicted octanol–water partition coefficient (Wildman–Crippen LogP) is 1.72. The number of anilines is 1. The number of nitrogens with one attached hydrogen (secondary N) is 1. The summed E-state index contributed by atoms with van der Waals surface area (Å²) in [5, 5.41) is 3.32. The van der Waals surface area contributed by atoms with Gasteiger partial charge in [-0.1, -0.05) is 11.6 Å². The van der Waals surface area contributed by atoms with Crippen molar-refractivity contribution in [3.63, 3.8) is 0 Å². The molecule has 1 saturated heterocycles. The molecule has 6 heteroatoms. The van der Waals surface area contributed by atoms with Crippen molar-refractivity contribution in [1.29, 1.82) is 0 Å². The zero-order chi connectivity index (χ0) is 13.8. The highest BCUT2D eigenvalue weighted by Gasteiger charge is 2.30. The van der Waals surface area contributed by atoms with Crippen LogP contribution in [0.4, 0.5) is 10.5 Å². The smallest absolute Gasteiger partial charge is 0.325 e. The number of rotatable bonds is 4. The molecule has 1 aromatic rings. The fraction of sp³-hybridized carbons (Fsp3) is 0.385. The van der Waals surface area contributed by atoms with Crippen molar-refractivity contribution < 1.29 is 9.59 Å². The molecule has 5 nitrogen and oxygen atoms in total. The van der Waals surface area contributed by atoms with E-state index in [4.69, 9.17) is 11.6 Å². The van der Waals surface area contributed by atoms with Gasteiger partial charge in [0.05, 0.1) is 0 Å². The first kappa shape index (κ1) is 13.7. The van der Waals surface area contributed by atoms with Gasteiger partial charge >= 0.3 is 6.03 Å². The van der Waals surface area contributed by atoms with E-state index >= 15 is 0 Å². The average molecular weight is 282 g/mol. The van der Waals surface area contributed by atoms with Gasteiger partial charge in [0.25, 0.3) is 0 Å². The molecular weight excluding hydrogens is 266 g/mol. The average Bonchev–Trinajstić information content (AvgIpc) is 2.73. The largest absolute Gasteiger partial charge is 0.355 e. The number of carbonyl (C=O) groups is 2. The molecule has 0 saturated carbocycles. The van der Waals surface area contributed by atoms with Crippen molar-refractivity contribution in [3.05, 3.63) is 29.3 Å². The fourth-order valence-corrected chi connectivity index (χ4v) is 2.14. The van der Waals surface area contributed by atoms with Crippen molar-refractivity contribution in [2.75, 3.05) is 31.1 Å². The molecule has 1 aromatic carbocycles. The third-order valence-electron chi connectivity index (χ3n) is 2.94. The van der Waals surface area contributed by atoms with Gasteiger partial charge in [0.1, 0.15) is 6.54 Å². The number of hydrogen-bond donors (Lipinski definition) is 1. The monoisotopic (exact) mass is 281 g/mol. The molecule has 1 heterocycles. The number of amides is 3. The highest BCUT2D eigenvalue weighted by Crippen LogP contribution is 2.22. The number of hydrogen-bond acceptors (Lipinski definition) is 2. The second-order valence-electron chi connectivity index (χ2n) is 4.29. The summed E-state index contributed by atoms with van der Waals surface area (Å²) in [4.78, 5) is 26.9. The summed E-state index contributed by atoms with van der Waals surface area (Å²) in [7, 11) is 0. The van der Waals surface area contributed by atoms with Crippen molar-refractivity contribution in [2.45, 2.75) is 6.92 Å². The molecule has 102 valence electrons. The Labute approximate surface area is 117 Å². The molecule has 0 aliphatic carbocycles. The molecule has 3 amide bonds. The Kier molecular flexibility index (Phi) is 4.27. The minimum atomic E-state index is -0.145. The summed E-state index contributed by atoms with van der Waals surface area (Å²) in [5.74, 6) is -0.131. The van der Waals surface area contributed by atoms with Crippen molar-refractivity contribution in [3.8, 4) is 0 Å². The van der Waals surface area contributed by atoms with Crippen LogP contribution in [0.1, 0.15) is 6.92 Å². The lowest BCUT2D eigenvalue weighted by Gasteiger charge is -2.18. The zero-order valence-corrected chi connectivity index (χ0v) is 11.5. The number of benzene rings is 1. The molecule has 1 fully saturated rings. The molecule has 0 radical (unpaired) electrons. The van der Waals surface area contributed by atoms with Crippen LogP contribution in [0.15, 0.2) is 24.3 Å². The topological polar surface area (TPSA) is 52.7 Å². The molecule has 0 spiro atoms. The van der Waals surface area contributed by atoms with Gasteiger partial charge in [0, 0.05) is 30.3 Å². The van der Waals surface area contributed by atoms with Gasteiger partial charge < -0.3 is 10.2 Å². The van der Waals surface area contributed by atoms with E-state index < -0.39 is 0 Å². The second-order valence-corrected chi connectivity index (χ2v) is 4.72. The van der Waals surface area contributed by atoms with Crippen LogP contribution in [0.3, 0.4) is 0 Å². The van der Waals surface area contributed by atoms with E-state index in [-0.39, 0.29) is 18.5 Å². The van der Waals surface area contributed by atoms with Crippen LogP contribution in [0.25, 0.3) is 0 Å². The van der Waals surface area contributed by atoms with Crippen LogP contribution in [0.2, 0.25) is 5.02 Å². The number of carbonyl (C=O) groups excluding carboxylic acids is 2. The maximum absolute atomic E-state index is 12.2. The van der Waals surface area contributed by atoms with Gasteiger partial charge in [-0.3, -0.25) is 9.69 Å². The van der Waals surface area contributed by atoms with Crippen LogP contribution in [0.5, 0.6) is 0 Å². The molecule has 0 atom stereocenters. The maximum atomic E-state index is 12.2. The van der Waals surface area contributed by atoms with Crippen LogP contribution in [-0.4, -0.2) is 43.0 Å². The van der Waals surface area contributed by atoms with E-state index in [0.29, 0.717) is 24.7 Å². The standard InChI is InChI=1S/C13H16ClN3O2/c1-2-15-12(18)9-16-7-8-17(13(16)19)11-5-3-10(14)4-6-11/h3-6H,2,7-9H2,1H3,(H,15,18). The molecule has 1 aliphatic heterocycles. The Hall–Kier alpha value is -1.75. The Morgan fingerprint density at radius 2 is 2.00 bits per heavy atom. The van der Waals surface area contributed by atoms with Crippen LogP contribution >= 0.6 is 11.6 Å². The molecule has 1 N–H and O–H groups in total.